The normalized spacial score (nSPS) is 11.7. The molecule has 0 aliphatic carbocycles. The van der Waals surface area contributed by atoms with Crippen LogP contribution in [-0.2, 0) is 11.3 Å². The van der Waals surface area contributed by atoms with Crippen LogP contribution in [0.1, 0.15) is 25.5 Å². The standard InChI is InChI=1S/C23H23ClN4O3/c1-14(2)28-12-19(24)18-10-17(7-8-20(18)28)23-25-22(26-31-23)16-6-4-5-15(9-16)11-27(3)13-21(29)30/h4-10,12,14H,11,13H2,1-3H3,(H,29,30). The summed E-state index contributed by atoms with van der Waals surface area (Å²) >= 11 is 6.44. The number of aliphatic carboxylic acids is 1. The lowest BCUT2D eigenvalue weighted by molar-refractivity contribution is -0.138. The average Bonchev–Trinajstić information content (AvgIpc) is 3.33. The van der Waals surface area contributed by atoms with Gasteiger partial charge in [-0.3, -0.25) is 9.69 Å². The van der Waals surface area contributed by atoms with E-state index in [-0.39, 0.29) is 6.54 Å². The maximum atomic E-state index is 10.9. The number of hydrogen-bond acceptors (Lipinski definition) is 5. The van der Waals surface area contributed by atoms with Crippen LogP contribution in [0.25, 0.3) is 33.7 Å². The molecule has 160 valence electrons. The number of hydrogen-bond donors (Lipinski definition) is 1. The van der Waals surface area contributed by atoms with Gasteiger partial charge in [0.2, 0.25) is 5.82 Å². The van der Waals surface area contributed by atoms with E-state index in [1.54, 1.807) is 11.9 Å². The van der Waals surface area contributed by atoms with E-state index in [4.69, 9.17) is 21.2 Å². The van der Waals surface area contributed by atoms with E-state index in [0.29, 0.717) is 29.3 Å². The van der Waals surface area contributed by atoms with Gasteiger partial charge >= 0.3 is 5.97 Å². The first-order valence-electron chi connectivity index (χ1n) is 9.95. The topological polar surface area (TPSA) is 84.4 Å². The lowest BCUT2D eigenvalue weighted by atomic mass is 10.1. The summed E-state index contributed by atoms with van der Waals surface area (Å²) in [6.45, 7) is 4.70. The third kappa shape index (κ3) is 4.47. The van der Waals surface area contributed by atoms with Crippen molar-refractivity contribution >= 4 is 28.5 Å². The summed E-state index contributed by atoms with van der Waals surface area (Å²) in [6.07, 6.45) is 1.94. The van der Waals surface area contributed by atoms with Gasteiger partial charge in [-0.05, 0) is 50.7 Å². The molecule has 0 aliphatic heterocycles. The number of carbonyl (C=O) groups is 1. The van der Waals surface area contributed by atoms with E-state index in [1.807, 2.05) is 48.7 Å². The fourth-order valence-corrected chi connectivity index (χ4v) is 3.90. The lowest BCUT2D eigenvalue weighted by Gasteiger charge is -2.14. The lowest BCUT2D eigenvalue weighted by Crippen LogP contribution is -2.25. The predicted octanol–water partition coefficient (Wildman–Crippen LogP) is 5.11. The Bertz CT molecular complexity index is 1240. The average molecular weight is 439 g/mol. The van der Waals surface area contributed by atoms with E-state index < -0.39 is 5.97 Å². The van der Waals surface area contributed by atoms with Gasteiger partial charge in [0.05, 0.1) is 11.6 Å². The third-order valence-electron chi connectivity index (χ3n) is 5.06. The Morgan fingerprint density at radius 3 is 2.77 bits per heavy atom. The van der Waals surface area contributed by atoms with Crippen LogP contribution in [0.2, 0.25) is 5.02 Å². The number of aromatic nitrogens is 3. The van der Waals surface area contributed by atoms with Crippen molar-refractivity contribution in [3.05, 3.63) is 59.2 Å². The maximum absolute atomic E-state index is 10.9. The van der Waals surface area contributed by atoms with Crippen LogP contribution in [-0.4, -0.2) is 44.3 Å². The number of rotatable bonds is 7. The molecule has 0 fully saturated rings. The number of carboxylic acids is 1. The summed E-state index contributed by atoms with van der Waals surface area (Å²) < 4.78 is 7.66. The molecule has 0 saturated heterocycles. The molecule has 0 atom stereocenters. The van der Waals surface area contributed by atoms with Crippen molar-refractivity contribution in [2.45, 2.75) is 26.4 Å². The second-order valence-electron chi connectivity index (χ2n) is 7.90. The summed E-state index contributed by atoms with van der Waals surface area (Å²) in [7, 11) is 1.76. The number of nitrogens with zero attached hydrogens (tertiary/aromatic N) is 4. The van der Waals surface area contributed by atoms with E-state index in [0.717, 1.165) is 27.6 Å². The Balaban J connectivity index is 1.61. The summed E-state index contributed by atoms with van der Waals surface area (Å²) in [6, 6.07) is 13.9. The van der Waals surface area contributed by atoms with Crippen LogP contribution in [0.5, 0.6) is 0 Å². The van der Waals surface area contributed by atoms with E-state index in [1.165, 1.54) is 0 Å². The molecule has 0 saturated carbocycles. The van der Waals surface area contributed by atoms with Crippen molar-refractivity contribution in [1.82, 2.24) is 19.6 Å². The molecule has 0 aliphatic rings. The molecule has 4 aromatic rings. The zero-order chi connectivity index (χ0) is 22.1. The molecule has 8 heteroatoms. The molecule has 0 bridgehead atoms. The van der Waals surface area contributed by atoms with Crippen LogP contribution < -0.4 is 0 Å². The SMILES string of the molecule is CC(C)n1cc(Cl)c2cc(-c3nc(-c4cccc(CN(C)CC(=O)O)c4)no3)ccc21. The Labute approximate surface area is 184 Å². The van der Waals surface area contributed by atoms with E-state index in [2.05, 4.69) is 28.6 Å². The maximum Gasteiger partial charge on any atom is 0.317 e. The number of likely N-dealkylation sites (N-methyl/N-ethyl adjacent to an activating group) is 1. The van der Waals surface area contributed by atoms with Crippen molar-refractivity contribution in [2.75, 3.05) is 13.6 Å². The van der Waals surface area contributed by atoms with Crippen molar-refractivity contribution < 1.29 is 14.4 Å². The minimum absolute atomic E-state index is 0.0276. The monoisotopic (exact) mass is 438 g/mol. The quantitative estimate of drug-likeness (QED) is 0.431. The highest BCUT2D eigenvalue weighted by Crippen LogP contribution is 2.32. The first kappa shape index (κ1) is 21.1. The van der Waals surface area contributed by atoms with Crippen molar-refractivity contribution in [2.24, 2.45) is 0 Å². The van der Waals surface area contributed by atoms with Gasteiger partial charge in [0, 0.05) is 40.8 Å². The molecule has 0 spiro atoms. The molecule has 2 aromatic carbocycles. The molecular formula is C23H23ClN4O3. The van der Waals surface area contributed by atoms with Gasteiger partial charge in [-0.15, -0.1) is 0 Å². The fourth-order valence-electron chi connectivity index (χ4n) is 3.64. The largest absolute Gasteiger partial charge is 0.480 e. The Hall–Kier alpha value is -3.16. The highest BCUT2D eigenvalue weighted by molar-refractivity contribution is 6.35. The molecule has 0 unspecified atom stereocenters. The van der Waals surface area contributed by atoms with Gasteiger partial charge < -0.3 is 14.2 Å². The van der Waals surface area contributed by atoms with Crippen LogP contribution >= 0.6 is 11.6 Å². The van der Waals surface area contributed by atoms with Crippen LogP contribution in [0.4, 0.5) is 0 Å². The molecule has 2 aromatic heterocycles. The highest BCUT2D eigenvalue weighted by Gasteiger charge is 2.15. The smallest absolute Gasteiger partial charge is 0.317 e. The van der Waals surface area contributed by atoms with E-state index >= 15 is 0 Å². The van der Waals surface area contributed by atoms with Crippen molar-refractivity contribution in [1.29, 1.82) is 0 Å². The second kappa shape index (κ2) is 8.53. The number of carboxylic acid groups (broad SMARTS) is 1. The minimum atomic E-state index is -0.859. The second-order valence-corrected chi connectivity index (χ2v) is 8.31. The number of halogens is 1. The molecule has 2 heterocycles. The molecule has 31 heavy (non-hydrogen) atoms. The zero-order valence-corrected chi connectivity index (χ0v) is 18.3. The van der Waals surface area contributed by atoms with Crippen LogP contribution in [0, 0.1) is 0 Å². The number of fused-ring (bicyclic) bond motifs is 1. The van der Waals surface area contributed by atoms with Gasteiger partial charge in [0.15, 0.2) is 0 Å². The Morgan fingerprint density at radius 2 is 2.03 bits per heavy atom. The molecule has 7 nitrogen and oxygen atoms in total. The molecule has 0 amide bonds. The Kier molecular flexibility index (Phi) is 5.80. The molecule has 1 N–H and O–H groups in total. The summed E-state index contributed by atoms with van der Waals surface area (Å²) in [5.41, 5.74) is 3.63. The summed E-state index contributed by atoms with van der Waals surface area (Å²) in [5.74, 6) is 0.0321. The summed E-state index contributed by atoms with van der Waals surface area (Å²) in [4.78, 5) is 17.2. The highest BCUT2D eigenvalue weighted by atomic mass is 35.5. The third-order valence-corrected chi connectivity index (χ3v) is 5.36. The van der Waals surface area contributed by atoms with E-state index in [9.17, 15) is 4.79 Å². The van der Waals surface area contributed by atoms with Gasteiger partial charge in [0.1, 0.15) is 0 Å². The van der Waals surface area contributed by atoms with Gasteiger partial charge in [-0.1, -0.05) is 35.0 Å². The van der Waals surface area contributed by atoms with Crippen LogP contribution in [0.15, 0.2) is 53.2 Å². The number of benzene rings is 2. The van der Waals surface area contributed by atoms with Crippen LogP contribution in [0.3, 0.4) is 0 Å². The van der Waals surface area contributed by atoms with Gasteiger partial charge in [-0.2, -0.15) is 4.98 Å². The van der Waals surface area contributed by atoms with Crippen molar-refractivity contribution in [3.63, 3.8) is 0 Å². The molecule has 0 radical (unpaired) electrons. The zero-order valence-electron chi connectivity index (χ0n) is 17.5. The minimum Gasteiger partial charge on any atom is -0.480 e. The van der Waals surface area contributed by atoms with Gasteiger partial charge in [0.25, 0.3) is 5.89 Å². The predicted molar refractivity (Wildman–Crippen MR) is 120 cm³/mol. The first-order chi connectivity index (χ1) is 14.8. The first-order valence-corrected chi connectivity index (χ1v) is 10.3. The van der Waals surface area contributed by atoms with Crippen molar-refractivity contribution in [3.8, 4) is 22.8 Å². The summed E-state index contributed by atoms with van der Waals surface area (Å²) in [5, 5.41) is 14.7. The molecular weight excluding hydrogens is 416 g/mol. The van der Waals surface area contributed by atoms with Gasteiger partial charge in [-0.25, -0.2) is 0 Å². The Morgan fingerprint density at radius 1 is 1.23 bits per heavy atom. The fraction of sp³-hybridized carbons (Fsp3) is 0.261. The molecule has 4 rings (SSSR count).